The van der Waals surface area contributed by atoms with Crippen LogP contribution in [-0.2, 0) is 36.5 Å². The molecule has 5 nitrogen and oxygen atoms in total. The second-order valence-electron chi connectivity index (χ2n) is 28.2. The van der Waals surface area contributed by atoms with Crippen LogP contribution in [0.15, 0.2) is 155 Å². The lowest BCUT2D eigenvalue weighted by Crippen LogP contribution is -2.30. The third kappa shape index (κ3) is 12.2. The molecule has 0 unspecified atom stereocenters. The van der Waals surface area contributed by atoms with E-state index >= 15 is 0 Å². The molecule has 0 fully saturated rings. The van der Waals surface area contributed by atoms with Crippen LogP contribution in [0.5, 0.6) is 0 Å². The van der Waals surface area contributed by atoms with E-state index in [1.54, 1.807) is 35.0 Å². The van der Waals surface area contributed by atoms with E-state index in [0.29, 0.717) is 53.4 Å². The molecule has 103 heavy (non-hydrogen) atoms. The van der Waals surface area contributed by atoms with Crippen LogP contribution in [0.25, 0.3) is 72.7 Å². The van der Waals surface area contributed by atoms with E-state index in [9.17, 15) is 14.9 Å². The topological polar surface area (TPSA) is 66.7 Å². The van der Waals surface area contributed by atoms with E-state index in [4.69, 9.17) is 36.3 Å². The number of carbonyl (C=O) groups is 2. The standard InChI is InChI=1S/C90H79Cl2N3O2S6/c1-8-12-16-20-24-54-28-36-58(37-29-54)89(59-38-30-55(31-39-59)25-21-17-13-9-2)70-49-65-71(48-64(70)83-79(89)85-73(102-83)46-62(100-85)44-66-75(53(5)94-6)68-51-98-87(91)77(68)81(66)96)90(60-40-32-56(33-41-60)26-22-18-14-10-3,61-42-34-57(35-43-61)27-23-19-15-11-4)80-84(65)103-74-47-63(101-86(74)80)45-67-76(72(50-93)95-7)69-52-99-88(92)78(69)82(67)97/h28-49,51-52H,8-27H2,1-5H3/b66-44?,67-45?,75-53+,76-72-. The van der Waals surface area contributed by atoms with Crippen LogP contribution < -0.4 is 0 Å². The van der Waals surface area contributed by atoms with Crippen molar-refractivity contribution in [2.45, 2.75) is 174 Å². The summed E-state index contributed by atoms with van der Waals surface area (Å²) in [4.78, 5) is 41.2. The third-order valence-electron chi connectivity index (χ3n) is 21.9. The zero-order valence-electron chi connectivity index (χ0n) is 58.9. The van der Waals surface area contributed by atoms with Gasteiger partial charge in [0.15, 0.2) is 17.3 Å². The number of Topliss-reactive ketones (excluding diaryl/α,β-unsaturated/α-hetero) is 2. The highest BCUT2D eigenvalue weighted by Gasteiger charge is 2.55. The Hall–Kier alpha value is -7.83. The highest BCUT2D eigenvalue weighted by Crippen LogP contribution is 2.68. The molecule has 0 atom stereocenters. The van der Waals surface area contributed by atoms with Crippen LogP contribution in [0.1, 0.15) is 246 Å². The zero-order chi connectivity index (χ0) is 71.3. The van der Waals surface area contributed by atoms with Crippen LogP contribution in [-0.4, -0.2) is 11.6 Å². The summed E-state index contributed by atoms with van der Waals surface area (Å²) in [6, 6.07) is 50.4. The number of thiophene rings is 6. The molecule has 0 bridgehead atoms. The van der Waals surface area contributed by atoms with Crippen LogP contribution in [0.3, 0.4) is 0 Å². The number of nitrogens with zero attached hydrogens (tertiary/aromatic N) is 3. The van der Waals surface area contributed by atoms with Crippen molar-refractivity contribution in [2.75, 3.05) is 0 Å². The van der Waals surface area contributed by atoms with Gasteiger partial charge >= 0.3 is 0 Å². The molecule has 4 aliphatic rings. The Bertz CT molecular complexity index is 5310. The first kappa shape index (κ1) is 70.8. The van der Waals surface area contributed by atoms with Gasteiger partial charge in [-0.25, -0.2) is 15.0 Å². The molecular weight excluding hydrogens is 1420 g/mol. The quantitative estimate of drug-likeness (QED) is 0.0235. The number of hydrogen-bond donors (Lipinski definition) is 0. The fourth-order valence-corrected chi connectivity index (χ4v) is 24.4. The first-order valence-electron chi connectivity index (χ1n) is 36.7. The van der Waals surface area contributed by atoms with E-state index in [2.05, 4.69) is 165 Å². The lowest BCUT2D eigenvalue weighted by atomic mass is 9.65. The van der Waals surface area contributed by atoms with Gasteiger partial charge in [0.1, 0.15) is 8.67 Å². The van der Waals surface area contributed by atoms with Crippen molar-refractivity contribution in [3.63, 3.8) is 0 Å². The van der Waals surface area contributed by atoms with Crippen molar-refractivity contribution >= 4 is 145 Å². The predicted octanol–water partition coefficient (Wildman–Crippen LogP) is 28.3. The summed E-state index contributed by atoms with van der Waals surface area (Å²) >= 11 is 23.3. The van der Waals surface area contributed by atoms with Crippen molar-refractivity contribution in [2.24, 2.45) is 0 Å². The van der Waals surface area contributed by atoms with Gasteiger partial charge in [-0.1, -0.05) is 225 Å². The Morgan fingerprint density at radius 1 is 0.466 bits per heavy atom. The molecule has 0 saturated heterocycles. The number of halogens is 2. The summed E-state index contributed by atoms with van der Waals surface area (Å²) < 4.78 is 5.38. The minimum atomic E-state index is -0.830. The first-order chi connectivity index (χ1) is 50.3. The number of ketones is 2. The molecule has 6 aromatic heterocycles. The number of fused-ring (bicyclic) bond motifs is 12. The zero-order valence-corrected chi connectivity index (χ0v) is 65.3. The molecule has 4 aliphatic carbocycles. The lowest BCUT2D eigenvalue weighted by Gasteiger charge is -2.36. The van der Waals surface area contributed by atoms with Gasteiger partial charge in [-0.2, -0.15) is 0 Å². The van der Waals surface area contributed by atoms with Crippen LogP contribution in [0.2, 0.25) is 8.67 Å². The maximum absolute atomic E-state index is 14.7. The van der Waals surface area contributed by atoms with Gasteiger partial charge in [0.2, 0.25) is 0 Å². The number of benzene rings is 5. The Labute approximate surface area is 639 Å². The van der Waals surface area contributed by atoms with Gasteiger partial charge in [-0.15, -0.1) is 68.0 Å². The number of hydrogen-bond acceptors (Lipinski definition) is 9. The molecule has 13 heteroatoms. The number of rotatable bonds is 26. The number of aryl methyl sites for hydroxylation is 4. The molecule has 516 valence electrons. The van der Waals surface area contributed by atoms with Crippen LogP contribution in [0, 0.1) is 24.5 Å². The molecule has 0 saturated carbocycles. The number of allylic oxidation sites excluding steroid dienone is 6. The van der Waals surface area contributed by atoms with Crippen LogP contribution in [0.4, 0.5) is 0 Å². The summed E-state index contributed by atoms with van der Waals surface area (Å²) in [6.07, 6.45) is 26.9. The minimum absolute atomic E-state index is 0.126. The second-order valence-corrected chi connectivity index (χ2v) is 35.4. The largest absolute Gasteiger partial charge is 0.289 e. The van der Waals surface area contributed by atoms with Crippen molar-refractivity contribution in [3.05, 3.63) is 285 Å². The number of nitriles is 1. The summed E-state index contributed by atoms with van der Waals surface area (Å²) in [5, 5.41) is 14.2. The Morgan fingerprint density at radius 2 is 0.816 bits per heavy atom. The van der Waals surface area contributed by atoms with Gasteiger partial charge in [0, 0.05) is 56.8 Å². The molecule has 6 heterocycles. The minimum Gasteiger partial charge on any atom is -0.289 e. The fraction of sp³-hybridized carbons (Fsp3) is 0.300. The van der Waals surface area contributed by atoms with Crippen molar-refractivity contribution in [1.29, 1.82) is 5.26 Å². The van der Waals surface area contributed by atoms with E-state index in [-0.39, 0.29) is 17.3 Å². The smallest absolute Gasteiger partial charge is 0.270 e. The van der Waals surface area contributed by atoms with Crippen molar-refractivity contribution in [3.8, 4) is 27.0 Å². The Balaban J connectivity index is 1.01. The maximum Gasteiger partial charge on any atom is 0.270 e. The predicted molar refractivity (Wildman–Crippen MR) is 441 cm³/mol. The molecule has 0 aliphatic heterocycles. The second kappa shape index (κ2) is 30.0. The summed E-state index contributed by atoms with van der Waals surface area (Å²) in [7, 11) is 0. The average molecular weight is 1500 g/mol. The highest BCUT2D eigenvalue weighted by molar-refractivity contribution is 7.31. The van der Waals surface area contributed by atoms with Gasteiger partial charge in [0.05, 0.1) is 50.6 Å². The SMILES string of the molecule is [C-]#[N+]/C(C#N)=C1/C(=Cc2cc3sc4c(c3s2)C(c2ccc(CCCCCC)cc2)(c2ccc(CCCCCC)cc2)c2cc3c(cc2-4)C(c2ccc(CCCCCC)cc2)(c2ccc(CCCCCC)cc2)c2c-3sc3cc(C=C4C(=O)c5c(csc5Cl)/C4=C(\C)[N+]#[C-])sc23)C(=O)c2c1csc2Cl. The molecule has 0 N–H and O–H groups in total. The van der Waals surface area contributed by atoms with Crippen molar-refractivity contribution in [1.82, 2.24) is 0 Å². The average Bonchev–Trinajstić information content (AvgIpc) is 1.49. The van der Waals surface area contributed by atoms with E-state index in [1.807, 2.05) is 40.2 Å². The monoisotopic (exact) mass is 1500 g/mol. The maximum atomic E-state index is 14.7. The van der Waals surface area contributed by atoms with Gasteiger partial charge in [-0.05, 0) is 189 Å². The number of carbonyl (C=O) groups excluding carboxylic acids is 2. The van der Waals surface area contributed by atoms with E-state index in [0.717, 1.165) is 80.8 Å². The van der Waals surface area contributed by atoms with Gasteiger partial charge < -0.3 is 0 Å². The molecule has 0 amide bonds. The van der Waals surface area contributed by atoms with Gasteiger partial charge in [-0.3, -0.25) is 9.59 Å². The van der Waals surface area contributed by atoms with Gasteiger partial charge in [0.25, 0.3) is 5.70 Å². The molecular formula is C90H79Cl2N3O2S6. The number of unbranched alkanes of at least 4 members (excludes halogenated alkanes) is 12. The molecule has 15 rings (SSSR count). The third-order valence-corrected chi connectivity index (χ3v) is 29.1. The summed E-state index contributed by atoms with van der Waals surface area (Å²) in [5.74, 6) is -0.411. The first-order valence-corrected chi connectivity index (χ1v) is 42.5. The van der Waals surface area contributed by atoms with Crippen LogP contribution >= 0.6 is 91.2 Å². The van der Waals surface area contributed by atoms with E-state index < -0.39 is 10.8 Å². The van der Waals surface area contributed by atoms with Crippen molar-refractivity contribution < 1.29 is 9.59 Å². The fourth-order valence-electron chi connectivity index (χ4n) is 16.8. The van der Waals surface area contributed by atoms with E-state index in [1.165, 1.54) is 192 Å². The molecule has 5 aromatic carbocycles. The summed E-state index contributed by atoms with van der Waals surface area (Å²) in [5.41, 5.74) is 20.2. The summed E-state index contributed by atoms with van der Waals surface area (Å²) in [6.45, 7) is 27.2. The lowest BCUT2D eigenvalue weighted by molar-refractivity contribution is 0.103. The highest BCUT2D eigenvalue weighted by atomic mass is 35.5. The normalized spacial score (nSPS) is 16.2. The molecule has 0 spiro atoms. The molecule has 0 radical (unpaired) electrons. The Kier molecular flexibility index (Phi) is 20.6. The Morgan fingerprint density at radius 3 is 1.15 bits per heavy atom. The molecule has 11 aromatic rings.